The molecule has 0 aliphatic heterocycles. The molecule has 2 nitrogen and oxygen atoms in total. The third-order valence-electron chi connectivity index (χ3n) is 1.69. The maximum absolute atomic E-state index is 10.6. The fraction of sp³-hybridized carbons (Fsp3) is 0.154. The summed E-state index contributed by atoms with van der Waals surface area (Å²) in [6, 6.07) is 16.3. The molecule has 0 unspecified atom stereocenters. The van der Waals surface area contributed by atoms with Gasteiger partial charge in [-0.15, -0.1) is 5.75 Å². The molecule has 0 aliphatic carbocycles. The molecule has 0 aliphatic rings. The molecule has 0 radical (unpaired) electrons. The molecule has 0 aromatic heterocycles. The van der Waals surface area contributed by atoms with Crippen LogP contribution in [0.4, 0.5) is 0 Å². The van der Waals surface area contributed by atoms with Gasteiger partial charge in [-0.2, -0.15) is 18.2 Å². The summed E-state index contributed by atoms with van der Waals surface area (Å²) < 4.78 is 5.12. The molecule has 0 amide bonds. The van der Waals surface area contributed by atoms with Crippen molar-refractivity contribution in [2.75, 3.05) is 6.61 Å². The minimum Gasteiger partial charge on any atom is -1.00 e. The standard InChI is InChI=1S/C8H10O2.C5H5.2ClH.Ti/c1-2-10-8-5-3-7(9)4-6-8;1-2-4-5-3-1;;;/h3-6,9H,2H2,1H3;1-5H;2*1H;/q;-1;;;+4/p-3. The van der Waals surface area contributed by atoms with Crippen molar-refractivity contribution in [3.05, 3.63) is 54.6 Å². The second-order valence-electron chi connectivity index (χ2n) is 2.87. The van der Waals surface area contributed by atoms with Crippen molar-refractivity contribution < 1.29 is 56.4 Å². The van der Waals surface area contributed by atoms with Crippen molar-refractivity contribution in [2.24, 2.45) is 0 Å². The molecule has 0 saturated heterocycles. The number of ether oxygens (including phenoxy) is 1. The Morgan fingerprint density at radius 3 is 1.89 bits per heavy atom. The van der Waals surface area contributed by atoms with Crippen molar-refractivity contribution in [3.8, 4) is 11.5 Å². The van der Waals surface area contributed by atoms with Crippen LogP contribution in [-0.4, -0.2) is 6.61 Å². The van der Waals surface area contributed by atoms with Gasteiger partial charge in [-0.1, -0.05) is 12.1 Å². The van der Waals surface area contributed by atoms with Gasteiger partial charge in [-0.3, -0.25) is 0 Å². The van der Waals surface area contributed by atoms with Gasteiger partial charge in [0.05, 0.1) is 6.61 Å². The zero-order valence-electron chi connectivity index (χ0n) is 9.98. The Balaban J connectivity index is -0.000000245. The zero-order valence-corrected chi connectivity index (χ0v) is 13.0. The van der Waals surface area contributed by atoms with Crippen LogP contribution in [0, 0.1) is 0 Å². The average molecular weight is 321 g/mol. The van der Waals surface area contributed by atoms with Crippen LogP contribution in [0.15, 0.2) is 54.6 Å². The average Bonchev–Trinajstić information content (AvgIpc) is 2.80. The van der Waals surface area contributed by atoms with Gasteiger partial charge in [0, 0.05) is 0 Å². The van der Waals surface area contributed by atoms with Crippen molar-refractivity contribution in [2.45, 2.75) is 6.92 Å². The number of rotatable bonds is 2. The third kappa shape index (κ3) is 10.6. The largest absolute Gasteiger partial charge is 4.00 e. The van der Waals surface area contributed by atoms with Crippen LogP contribution in [-0.2, 0) is 21.7 Å². The molecule has 18 heavy (non-hydrogen) atoms. The second-order valence-corrected chi connectivity index (χ2v) is 2.87. The first-order valence-corrected chi connectivity index (χ1v) is 4.89. The Morgan fingerprint density at radius 1 is 1.06 bits per heavy atom. The summed E-state index contributed by atoms with van der Waals surface area (Å²) >= 11 is 0. The van der Waals surface area contributed by atoms with E-state index in [-0.39, 0.29) is 52.3 Å². The van der Waals surface area contributed by atoms with E-state index in [4.69, 9.17) is 4.74 Å². The molecule has 96 valence electrons. The fourth-order valence-corrected chi connectivity index (χ4v) is 1.02. The Labute approximate surface area is 135 Å². The summed E-state index contributed by atoms with van der Waals surface area (Å²) in [4.78, 5) is 0. The van der Waals surface area contributed by atoms with Gasteiger partial charge in [-0.05, 0) is 19.1 Å². The smallest absolute Gasteiger partial charge is 1.00 e. The zero-order chi connectivity index (χ0) is 10.9. The fourth-order valence-electron chi connectivity index (χ4n) is 1.02. The molecule has 2 aromatic rings. The molecule has 5 heteroatoms. The van der Waals surface area contributed by atoms with Crippen molar-refractivity contribution >= 4 is 0 Å². The van der Waals surface area contributed by atoms with Gasteiger partial charge >= 0.3 is 21.7 Å². The summed E-state index contributed by atoms with van der Waals surface area (Å²) in [5, 5.41) is 10.6. The Morgan fingerprint density at radius 2 is 1.56 bits per heavy atom. The maximum Gasteiger partial charge on any atom is 4.00 e. The SMILES string of the molecule is CCOc1ccc([O-])cc1.[Cl-].[Cl-].[Ti+4].c1cc[cH-]c1. The minimum atomic E-state index is 0. The Bertz CT molecular complexity index is 332. The monoisotopic (exact) mass is 320 g/mol. The van der Waals surface area contributed by atoms with Gasteiger partial charge in [0.15, 0.2) is 0 Å². The van der Waals surface area contributed by atoms with Crippen LogP contribution in [0.1, 0.15) is 6.92 Å². The number of benzene rings is 1. The van der Waals surface area contributed by atoms with E-state index in [2.05, 4.69) is 0 Å². The van der Waals surface area contributed by atoms with Crippen LogP contribution in [0.5, 0.6) is 11.5 Å². The van der Waals surface area contributed by atoms with E-state index in [9.17, 15) is 5.11 Å². The van der Waals surface area contributed by atoms with E-state index in [1.165, 1.54) is 12.1 Å². The summed E-state index contributed by atoms with van der Waals surface area (Å²) in [5.74, 6) is 0.769. The first-order chi connectivity index (χ1) is 7.33. The molecule has 0 atom stereocenters. The van der Waals surface area contributed by atoms with Crippen molar-refractivity contribution in [3.63, 3.8) is 0 Å². The van der Waals surface area contributed by atoms with E-state index < -0.39 is 0 Å². The van der Waals surface area contributed by atoms with Crippen LogP contribution >= 0.6 is 0 Å². The molecular weight excluding hydrogens is 307 g/mol. The molecular formula is C13H14Cl2O2Ti. The summed E-state index contributed by atoms with van der Waals surface area (Å²) in [7, 11) is 0. The first kappa shape index (κ1) is 22.6. The normalized spacial score (nSPS) is 7.39. The van der Waals surface area contributed by atoms with Gasteiger partial charge in [0.2, 0.25) is 0 Å². The summed E-state index contributed by atoms with van der Waals surface area (Å²) in [6.45, 7) is 2.54. The predicted molar refractivity (Wildman–Crippen MR) is 59.1 cm³/mol. The second kappa shape index (κ2) is 14.5. The van der Waals surface area contributed by atoms with E-state index in [1.54, 1.807) is 12.1 Å². The van der Waals surface area contributed by atoms with Crippen LogP contribution in [0.2, 0.25) is 0 Å². The third-order valence-corrected chi connectivity index (χ3v) is 1.69. The molecule has 0 saturated carbocycles. The van der Waals surface area contributed by atoms with E-state index in [1.807, 2.05) is 37.3 Å². The van der Waals surface area contributed by atoms with Crippen LogP contribution in [0.25, 0.3) is 0 Å². The quantitative estimate of drug-likeness (QED) is 0.426. The first-order valence-electron chi connectivity index (χ1n) is 4.89. The number of halogens is 2. The van der Waals surface area contributed by atoms with Crippen LogP contribution < -0.4 is 34.7 Å². The summed E-state index contributed by atoms with van der Waals surface area (Å²) in [5.41, 5.74) is 0. The van der Waals surface area contributed by atoms with E-state index >= 15 is 0 Å². The van der Waals surface area contributed by atoms with E-state index in [0.29, 0.717) is 6.61 Å². The van der Waals surface area contributed by atoms with Gasteiger partial charge in [0.1, 0.15) is 5.75 Å². The molecule has 0 bridgehead atoms. The number of hydrogen-bond acceptors (Lipinski definition) is 2. The number of hydrogen-bond donors (Lipinski definition) is 0. The molecule has 2 aromatic carbocycles. The van der Waals surface area contributed by atoms with E-state index in [0.717, 1.165) is 5.75 Å². The molecule has 0 N–H and O–H groups in total. The topological polar surface area (TPSA) is 32.3 Å². The predicted octanol–water partition coefficient (Wildman–Crippen LogP) is -3.43. The van der Waals surface area contributed by atoms with Gasteiger partial charge in [-0.25, -0.2) is 12.1 Å². The van der Waals surface area contributed by atoms with Crippen LogP contribution in [0.3, 0.4) is 0 Å². The molecule has 0 spiro atoms. The molecule has 2 rings (SSSR count). The Hall–Kier alpha value is -0.536. The van der Waals surface area contributed by atoms with Gasteiger partial charge < -0.3 is 34.7 Å². The Kier molecular flexibility index (Phi) is 18.3. The molecule has 0 fully saturated rings. The van der Waals surface area contributed by atoms with Crippen molar-refractivity contribution in [1.82, 2.24) is 0 Å². The minimum absolute atomic E-state index is 0. The molecule has 0 heterocycles. The van der Waals surface area contributed by atoms with Crippen molar-refractivity contribution in [1.29, 1.82) is 0 Å². The summed E-state index contributed by atoms with van der Waals surface area (Å²) in [6.07, 6.45) is 0. The van der Waals surface area contributed by atoms with Gasteiger partial charge in [0.25, 0.3) is 0 Å². The maximum atomic E-state index is 10.6.